The molecule has 1 aromatic rings. The Labute approximate surface area is 102 Å². The van der Waals surface area contributed by atoms with E-state index < -0.39 is 0 Å². The van der Waals surface area contributed by atoms with Crippen molar-refractivity contribution in [2.45, 2.75) is 19.9 Å². The second-order valence-corrected chi connectivity index (χ2v) is 3.56. The van der Waals surface area contributed by atoms with Gasteiger partial charge in [-0.2, -0.15) is 0 Å². The normalized spacial score (nSPS) is 12.6. The summed E-state index contributed by atoms with van der Waals surface area (Å²) in [7, 11) is 0. The molecule has 1 heterocycles. The van der Waals surface area contributed by atoms with E-state index in [1.807, 2.05) is 12.1 Å². The van der Waals surface area contributed by atoms with Crippen LogP contribution >= 0.6 is 0 Å². The summed E-state index contributed by atoms with van der Waals surface area (Å²) in [4.78, 5) is 15.0. The van der Waals surface area contributed by atoms with Crippen molar-refractivity contribution in [3.05, 3.63) is 42.2 Å². The van der Waals surface area contributed by atoms with E-state index in [2.05, 4.69) is 17.2 Å². The fraction of sp³-hybridized carbons (Fsp3) is 0.385. The highest BCUT2D eigenvalue weighted by Crippen LogP contribution is 2.09. The molecule has 0 fully saturated rings. The van der Waals surface area contributed by atoms with Gasteiger partial charge in [0.2, 0.25) is 0 Å². The Morgan fingerprint density at radius 3 is 2.88 bits per heavy atom. The minimum Gasteiger partial charge on any atom is -0.463 e. The largest absolute Gasteiger partial charge is 0.463 e. The summed E-state index contributed by atoms with van der Waals surface area (Å²) in [6.45, 7) is 4.88. The van der Waals surface area contributed by atoms with Crippen molar-refractivity contribution in [1.29, 1.82) is 0 Å². The first-order chi connectivity index (χ1) is 8.24. The maximum absolute atomic E-state index is 11.0. The van der Waals surface area contributed by atoms with Crippen molar-refractivity contribution < 1.29 is 9.53 Å². The number of nitrogens with one attached hydrogen (secondary N) is 1. The molecule has 0 aliphatic carbocycles. The van der Waals surface area contributed by atoms with E-state index in [0.717, 1.165) is 0 Å². The number of pyridine rings is 1. The van der Waals surface area contributed by atoms with Crippen molar-refractivity contribution in [3.8, 4) is 0 Å². The molecule has 0 unspecified atom stereocenters. The van der Waals surface area contributed by atoms with Crippen molar-refractivity contribution in [1.82, 2.24) is 10.3 Å². The van der Waals surface area contributed by atoms with Gasteiger partial charge in [-0.3, -0.25) is 4.98 Å². The number of nitrogens with zero attached hydrogens (tertiary/aromatic N) is 1. The zero-order valence-corrected chi connectivity index (χ0v) is 10.2. The standard InChI is InChI=1S/C13H18N2O2/c1-3-17-13(16)5-4-8-15-11(2)12-6-9-14-10-7-12/h4-7,9-11,15H,3,8H2,1-2H3/b5-4+/t11-/m1/s1. The highest BCUT2D eigenvalue weighted by molar-refractivity contribution is 5.81. The molecule has 92 valence electrons. The van der Waals surface area contributed by atoms with E-state index in [-0.39, 0.29) is 12.0 Å². The third kappa shape index (κ3) is 5.26. The van der Waals surface area contributed by atoms with Crippen LogP contribution in [0.15, 0.2) is 36.7 Å². The fourth-order valence-corrected chi connectivity index (χ4v) is 1.36. The van der Waals surface area contributed by atoms with Gasteiger partial charge in [0.1, 0.15) is 0 Å². The van der Waals surface area contributed by atoms with Gasteiger partial charge in [0, 0.05) is 31.1 Å². The van der Waals surface area contributed by atoms with Crippen LogP contribution in [0.25, 0.3) is 0 Å². The Kier molecular flexibility index (Phi) is 5.96. The molecule has 0 saturated carbocycles. The van der Waals surface area contributed by atoms with Gasteiger partial charge in [0.15, 0.2) is 0 Å². The molecule has 0 bridgehead atoms. The average Bonchev–Trinajstić information content (AvgIpc) is 2.36. The van der Waals surface area contributed by atoms with Crippen LogP contribution in [0.5, 0.6) is 0 Å². The van der Waals surface area contributed by atoms with Gasteiger partial charge in [0.25, 0.3) is 0 Å². The molecule has 0 aromatic carbocycles. The summed E-state index contributed by atoms with van der Waals surface area (Å²) < 4.78 is 4.77. The second kappa shape index (κ2) is 7.57. The van der Waals surface area contributed by atoms with Crippen molar-refractivity contribution in [3.63, 3.8) is 0 Å². The molecule has 1 aromatic heterocycles. The van der Waals surface area contributed by atoms with Gasteiger partial charge in [0.05, 0.1) is 6.61 Å². The van der Waals surface area contributed by atoms with E-state index in [9.17, 15) is 4.79 Å². The molecule has 0 saturated heterocycles. The molecule has 1 rings (SSSR count). The maximum atomic E-state index is 11.0. The summed E-state index contributed by atoms with van der Waals surface area (Å²) >= 11 is 0. The topological polar surface area (TPSA) is 51.2 Å². The van der Waals surface area contributed by atoms with E-state index in [1.165, 1.54) is 11.6 Å². The third-order valence-electron chi connectivity index (χ3n) is 2.29. The lowest BCUT2D eigenvalue weighted by Crippen LogP contribution is -2.18. The smallest absolute Gasteiger partial charge is 0.330 e. The van der Waals surface area contributed by atoms with Crippen LogP contribution in [0.1, 0.15) is 25.5 Å². The number of carbonyl (C=O) groups is 1. The molecule has 0 amide bonds. The van der Waals surface area contributed by atoms with Crippen LogP contribution in [-0.2, 0) is 9.53 Å². The molecule has 17 heavy (non-hydrogen) atoms. The van der Waals surface area contributed by atoms with Gasteiger partial charge in [-0.05, 0) is 31.5 Å². The molecular weight excluding hydrogens is 216 g/mol. The number of carbonyl (C=O) groups excluding carboxylic acids is 1. The van der Waals surface area contributed by atoms with E-state index in [1.54, 1.807) is 25.4 Å². The molecule has 0 aliphatic heterocycles. The van der Waals surface area contributed by atoms with Gasteiger partial charge < -0.3 is 10.1 Å². The highest BCUT2D eigenvalue weighted by atomic mass is 16.5. The van der Waals surface area contributed by atoms with Crippen LogP contribution in [0.4, 0.5) is 0 Å². The Bertz CT molecular complexity index is 363. The first kappa shape index (κ1) is 13.4. The fourth-order valence-electron chi connectivity index (χ4n) is 1.36. The van der Waals surface area contributed by atoms with Gasteiger partial charge in [-0.25, -0.2) is 4.79 Å². The summed E-state index contributed by atoms with van der Waals surface area (Å²) in [6.07, 6.45) is 6.73. The summed E-state index contributed by atoms with van der Waals surface area (Å²) in [5.41, 5.74) is 1.17. The second-order valence-electron chi connectivity index (χ2n) is 3.56. The predicted molar refractivity (Wildman–Crippen MR) is 66.4 cm³/mol. The molecule has 4 heteroatoms. The Hall–Kier alpha value is -1.68. The minimum absolute atomic E-state index is 0.227. The summed E-state index contributed by atoms with van der Waals surface area (Å²) in [5.74, 6) is -0.300. The lowest BCUT2D eigenvalue weighted by atomic mass is 10.1. The van der Waals surface area contributed by atoms with Crippen LogP contribution in [0.2, 0.25) is 0 Å². The Balaban J connectivity index is 2.29. The SMILES string of the molecule is CCOC(=O)/C=C/CN[C@H](C)c1ccncc1. The lowest BCUT2D eigenvalue weighted by molar-refractivity contribution is -0.137. The van der Waals surface area contributed by atoms with E-state index >= 15 is 0 Å². The number of aromatic nitrogens is 1. The van der Waals surface area contributed by atoms with Crippen LogP contribution in [0.3, 0.4) is 0 Å². The van der Waals surface area contributed by atoms with Gasteiger partial charge in [-0.1, -0.05) is 6.08 Å². The minimum atomic E-state index is -0.300. The number of rotatable bonds is 6. The molecule has 0 aliphatic rings. The van der Waals surface area contributed by atoms with Crippen LogP contribution < -0.4 is 5.32 Å². The predicted octanol–water partition coefficient (Wildman–Crippen LogP) is 1.85. The van der Waals surface area contributed by atoms with Gasteiger partial charge in [-0.15, -0.1) is 0 Å². The monoisotopic (exact) mass is 234 g/mol. The summed E-state index contributed by atoms with van der Waals surface area (Å²) in [6, 6.07) is 4.16. The quantitative estimate of drug-likeness (QED) is 0.603. The zero-order valence-electron chi connectivity index (χ0n) is 10.2. The van der Waals surface area contributed by atoms with Gasteiger partial charge >= 0.3 is 5.97 Å². The van der Waals surface area contributed by atoms with Crippen molar-refractivity contribution in [2.75, 3.05) is 13.2 Å². The number of hydrogen-bond donors (Lipinski definition) is 1. The zero-order chi connectivity index (χ0) is 12.5. The first-order valence-corrected chi connectivity index (χ1v) is 5.70. The molecule has 1 N–H and O–H groups in total. The molecular formula is C13H18N2O2. The molecule has 1 atom stereocenters. The summed E-state index contributed by atoms with van der Waals surface area (Å²) in [5, 5.41) is 3.27. The molecule has 4 nitrogen and oxygen atoms in total. The first-order valence-electron chi connectivity index (χ1n) is 5.70. The van der Waals surface area contributed by atoms with E-state index in [4.69, 9.17) is 4.74 Å². The number of esters is 1. The Morgan fingerprint density at radius 2 is 2.24 bits per heavy atom. The van der Waals surface area contributed by atoms with E-state index in [0.29, 0.717) is 13.2 Å². The highest BCUT2D eigenvalue weighted by Gasteiger charge is 2.01. The number of ether oxygens (including phenoxy) is 1. The third-order valence-corrected chi connectivity index (χ3v) is 2.29. The average molecular weight is 234 g/mol. The molecule has 0 radical (unpaired) electrons. The lowest BCUT2D eigenvalue weighted by Gasteiger charge is -2.11. The van der Waals surface area contributed by atoms with Crippen molar-refractivity contribution >= 4 is 5.97 Å². The van der Waals surface area contributed by atoms with Crippen LogP contribution in [-0.4, -0.2) is 24.1 Å². The Morgan fingerprint density at radius 1 is 1.53 bits per heavy atom. The number of hydrogen-bond acceptors (Lipinski definition) is 4. The molecule has 0 spiro atoms. The van der Waals surface area contributed by atoms with Crippen molar-refractivity contribution in [2.24, 2.45) is 0 Å². The maximum Gasteiger partial charge on any atom is 0.330 e. The van der Waals surface area contributed by atoms with Crippen LogP contribution in [0, 0.1) is 0 Å².